The first kappa shape index (κ1) is 21.8. The van der Waals surface area contributed by atoms with E-state index >= 15 is 0 Å². The van der Waals surface area contributed by atoms with Crippen molar-refractivity contribution in [3.63, 3.8) is 0 Å². The molecular weight excluding hydrogens is 352 g/mol. The van der Waals surface area contributed by atoms with Crippen LogP contribution in [0.5, 0.6) is 0 Å². The highest BCUT2D eigenvalue weighted by Crippen LogP contribution is 2.20. The lowest BCUT2D eigenvalue weighted by molar-refractivity contribution is 0.0263. The van der Waals surface area contributed by atoms with Crippen LogP contribution in [0, 0.1) is 5.92 Å². The van der Waals surface area contributed by atoms with Crippen molar-refractivity contribution in [1.82, 2.24) is 15.1 Å². The first-order valence-electron chi connectivity index (χ1n) is 11.7. The van der Waals surface area contributed by atoms with Crippen LogP contribution in [0.15, 0.2) is 4.99 Å². The van der Waals surface area contributed by atoms with E-state index in [0.717, 1.165) is 64.4 Å². The molecule has 0 amide bonds. The van der Waals surface area contributed by atoms with Crippen molar-refractivity contribution in [3.8, 4) is 0 Å². The average molecular weight is 395 g/mol. The minimum absolute atomic E-state index is 0.547. The summed E-state index contributed by atoms with van der Waals surface area (Å²) in [6.07, 6.45) is 12.1. The van der Waals surface area contributed by atoms with Gasteiger partial charge in [0.2, 0.25) is 0 Å². The molecule has 28 heavy (non-hydrogen) atoms. The van der Waals surface area contributed by atoms with E-state index in [4.69, 9.17) is 9.47 Å². The molecule has 0 radical (unpaired) electrons. The van der Waals surface area contributed by atoms with Gasteiger partial charge in [-0.3, -0.25) is 9.89 Å². The molecule has 2 heterocycles. The van der Waals surface area contributed by atoms with Crippen LogP contribution in [-0.2, 0) is 9.47 Å². The summed E-state index contributed by atoms with van der Waals surface area (Å²) >= 11 is 0. The predicted molar refractivity (Wildman–Crippen MR) is 115 cm³/mol. The molecule has 162 valence electrons. The molecule has 0 spiro atoms. The van der Waals surface area contributed by atoms with Gasteiger partial charge in [-0.2, -0.15) is 0 Å². The lowest BCUT2D eigenvalue weighted by atomic mass is 9.98. The second-order valence-electron chi connectivity index (χ2n) is 8.68. The highest BCUT2D eigenvalue weighted by Gasteiger charge is 2.26. The van der Waals surface area contributed by atoms with Crippen LogP contribution < -0.4 is 5.32 Å². The first-order chi connectivity index (χ1) is 13.8. The Balaban J connectivity index is 1.22. The summed E-state index contributed by atoms with van der Waals surface area (Å²) in [5.41, 5.74) is 0. The average Bonchev–Trinajstić information content (AvgIpc) is 3.20. The Morgan fingerprint density at radius 2 is 1.86 bits per heavy atom. The van der Waals surface area contributed by atoms with Gasteiger partial charge >= 0.3 is 0 Å². The van der Waals surface area contributed by atoms with E-state index in [2.05, 4.69) is 20.1 Å². The highest BCUT2D eigenvalue weighted by molar-refractivity contribution is 5.80. The number of aliphatic imine (C=N–C) groups is 1. The fourth-order valence-corrected chi connectivity index (χ4v) is 4.74. The number of rotatable bonds is 9. The van der Waals surface area contributed by atoms with Crippen LogP contribution in [-0.4, -0.2) is 88.0 Å². The van der Waals surface area contributed by atoms with Gasteiger partial charge in [0, 0.05) is 52.9 Å². The molecule has 0 bridgehead atoms. The third-order valence-corrected chi connectivity index (χ3v) is 6.43. The smallest absolute Gasteiger partial charge is 0.193 e. The van der Waals surface area contributed by atoms with Crippen molar-refractivity contribution in [2.45, 2.75) is 63.9 Å². The van der Waals surface area contributed by atoms with Crippen molar-refractivity contribution in [2.75, 3.05) is 66.1 Å². The van der Waals surface area contributed by atoms with E-state index in [1.165, 1.54) is 64.3 Å². The van der Waals surface area contributed by atoms with Gasteiger partial charge in [0.25, 0.3) is 0 Å². The molecule has 0 aromatic heterocycles. The Labute approximate surface area is 172 Å². The van der Waals surface area contributed by atoms with E-state index in [1.807, 2.05) is 7.05 Å². The third kappa shape index (κ3) is 7.53. The molecule has 1 N–H and O–H groups in total. The maximum absolute atomic E-state index is 6.02. The second-order valence-corrected chi connectivity index (χ2v) is 8.68. The molecule has 2 saturated heterocycles. The van der Waals surface area contributed by atoms with E-state index in [1.54, 1.807) is 0 Å². The van der Waals surface area contributed by atoms with Gasteiger partial charge in [0.1, 0.15) is 0 Å². The van der Waals surface area contributed by atoms with Gasteiger partial charge in [-0.15, -0.1) is 0 Å². The summed E-state index contributed by atoms with van der Waals surface area (Å²) in [7, 11) is 1.91. The molecule has 3 aliphatic rings. The van der Waals surface area contributed by atoms with Crippen LogP contribution in [0.25, 0.3) is 0 Å². The number of morpholine rings is 1. The number of unbranched alkanes of at least 4 members (excludes halogenated alkanes) is 2. The number of nitrogens with one attached hydrogen (secondary N) is 1. The summed E-state index contributed by atoms with van der Waals surface area (Å²) in [6.45, 7) is 9.39. The maximum atomic E-state index is 6.02. The number of hydrogen-bond acceptors (Lipinski definition) is 4. The van der Waals surface area contributed by atoms with Gasteiger partial charge in [0.05, 0.1) is 19.3 Å². The number of hydrogen-bond donors (Lipinski definition) is 1. The lowest BCUT2D eigenvalue weighted by Crippen LogP contribution is -2.42. The van der Waals surface area contributed by atoms with Gasteiger partial charge in [-0.25, -0.2) is 0 Å². The maximum Gasteiger partial charge on any atom is 0.193 e. The Bertz CT molecular complexity index is 448. The molecule has 6 heteroatoms. The van der Waals surface area contributed by atoms with Crippen LogP contribution in [0.4, 0.5) is 0 Å². The van der Waals surface area contributed by atoms with Crippen molar-refractivity contribution in [3.05, 3.63) is 0 Å². The normalized spacial score (nSPS) is 25.4. The molecule has 1 unspecified atom stereocenters. The van der Waals surface area contributed by atoms with Crippen LogP contribution in [0.3, 0.4) is 0 Å². The van der Waals surface area contributed by atoms with Crippen molar-refractivity contribution in [1.29, 1.82) is 0 Å². The zero-order chi connectivity index (χ0) is 19.4. The van der Waals surface area contributed by atoms with Crippen molar-refractivity contribution >= 4 is 5.96 Å². The summed E-state index contributed by atoms with van der Waals surface area (Å²) in [6, 6.07) is 0. The van der Waals surface area contributed by atoms with Crippen LogP contribution >= 0.6 is 0 Å². The number of likely N-dealkylation sites (tertiary alicyclic amines) is 1. The number of guanidine groups is 1. The predicted octanol–water partition coefficient (Wildman–Crippen LogP) is 2.74. The van der Waals surface area contributed by atoms with Gasteiger partial charge in [0.15, 0.2) is 5.96 Å². The summed E-state index contributed by atoms with van der Waals surface area (Å²) in [5.74, 6) is 1.84. The number of ether oxygens (including phenoxy) is 2. The SMILES string of the molecule is CN=C(NCCCCCOC1CCCCC1)N1CCC(CN2CCOCC2)C1. The minimum Gasteiger partial charge on any atom is -0.379 e. The largest absolute Gasteiger partial charge is 0.379 e. The standard InChI is InChI=1S/C22H42N4O2/c1-23-22(24-11-6-3-7-15-28-21-8-4-2-5-9-21)26-12-10-20(19-26)18-25-13-16-27-17-14-25/h20-21H,2-19H2,1H3,(H,23,24). The van der Waals surface area contributed by atoms with Gasteiger partial charge in [-0.05, 0) is 44.4 Å². The molecule has 3 fully saturated rings. The van der Waals surface area contributed by atoms with Crippen molar-refractivity contribution < 1.29 is 9.47 Å². The zero-order valence-electron chi connectivity index (χ0n) is 18.0. The number of nitrogens with zero attached hydrogens (tertiary/aromatic N) is 3. The molecule has 0 aromatic rings. The lowest BCUT2D eigenvalue weighted by Gasteiger charge is -2.29. The first-order valence-corrected chi connectivity index (χ1v) is 11.7. The quantitative estimate of drug-likeness (QED) is 0.370. The Morgan fingerprint density at radius 3 is 2.64 bits per heavy atom. The molecule has 1 atom stereocenters. The molecule has 1 aliphatic carbocycles. The monoisotopic (exact) mass is 394 g/mol. The molecule has 3 rings (SSSR count). The van der Waals surface area contributed by atoms with Crippen LogP contribution in [0.1, 0.15) is 57.8 Å². The topological polar surface area (TPSA) is 49.3 Å². The molecule has 6 nitrogen and oxygen atoms in total. The summed E-state index contributed by atoms with van der Waals surface area (Å²) in [4.78, 5) is 9.52. The Kier molecular flexibility index (Phi) is 9.88. The van der Waals surface area contributed by atoms with E-state index in [-0.39, 0.29) is 0 Å². The van der Waals surface area contributed by atoms with E-state index in [0.29, 0.717) is 6.10 Å². The van der Waals surface area contributed by atoms with Crippen molar-refractivity contribution in [2.24, 2.45) is 10.9 Å². The minimum atomic E-state index is 0.547. The van der Waals surface area contributed by atoms with Crippen LogP contribution in [0.2, 0.25) is 0 Å². The highest BCUT2D eigenvalue weighted by atomic mass is 16.5. The molecule has 0 aromatic carbocycles. The van der Waals surface area contributed by atoms with E-state index in [9.17, 15) is 0 Å². The zero-order valence-corrected chi connectivity index (χ0v) is 18.0. The van der Waals surface area contributed by atoms with E-state index < -0.39 is 0 Å². The molecular formula is C22H42N4O2. The fraction of sp³-hybridized carbons (Fsp3) is 0.955. The molecule has 2 aliphatic heterocycles. The van der Waals surface area contributed by atoms with Gasteiger partial charge < -0.3 is 19.7 Å². The summed E-state index contributed by atoms with van der Waals surface area (Å²) in [5, 5.41) is 3.58. The summed E-state index contributed by atoms with van der Waals surface area (Å²) < 4.78 is 11.5. The molecule has 1 saturated carbocycles. The third-order valence-electron chi connectivity index (χ3n) is 6.43. The Hall–Kier alpha value is -0.850. The fourth-order valence-electron chi connectivity index (χ4n) is 4.74. The Morgan fingerprint density at radius 1 is 1.04 bits per heavy atom. The van der Waals surface area contributed by atoms with Gasteiger partial charge in [-0.1, -0.05) is 19.3 Å². The second kappa shape index (κ2) is 12.7.